The monoisotopic (exact) mass is 203 g/mol. The summed E-state index contributed by atoms with van der Waals surface area (Å²) < 4.78 is 0. The van der Waals surface area contributed by atoms with E-state index in [1.165, 1.54) is 35.3 Å². The lowest BCUT2D eigenvalue weighted by Gasteiger charge is -2.39. The number of fused-ring (bicyclic) bond motifs is 1. The van der Waals surface area contributed by atoms with Gasteiger partial charge in [0.1, 0.15) is 0 Å². The molecule has 0 saturated carbocycles. The van der Waals surface area contributed by atoms with Gasteiger partial charge in [-0.15, -0.1) is 0 Å². The van der Waals surface area contributed by atoms with Crippen LogP contribution in [0.2, 0.25) is 0 Å². The van der Waals surface area contributed by atoms with E-state index < -0.39 is 0 Å². The van der Waals surface area contributed by atoms with Gasteiger partial charge < -0.3 is 4.90 Å². The first kappa shape index (κ1) is 10.5. The van der Waals surface area contributed by atoms with E-state index in [0.29, 0.717) is 5.41 Å². The summed E-state index contributed by atoms with van der Waals surface area (Å²) in [5, 5.41) is 0. The quantitative estimate of drug-likeness (QED) is 0.624. The van der Waals surface area contributed by atoms with Gasteiger partial charge in [-0.3, -0.25) is 0 Å². The van der Waals surface area contributed by atoms with Crippen molar-refractivity contribution in [2.45, 2.75) is 39.5 Å². The average molecular weight is 203 g/mol. The van der Waals surface area contributed by atoms with E-state index in [4.69, 9.17) is 0 Å². The van der Waals surface area contributed by atoms with E-state index in [2.05, 4.69) is 51.8 Å². The molecule has 0 saturated heterocycles. The van der Waals surface area contributed by atoms with Crippen molar-refractivity contribution in [3.05, 3.63) is 28.8 Å². The van der Waals surface area contributed by atoms with E-state index in [1.54, 1.807) is 0 Å². The van der Waals surface area contributed by atoms with Gasteiger partial charge in [0.05, 0.1) is 0 Å². The van der Waals surface area contributed by atoms with E-state index in [9.17, 15) is 0 Å². The molecule has 0 atom stereocenters. The van der Waals surface area contributed by atoms with Crippen LogP contribution in [0, 0.1) is 13.8 Å². The van der Waals surface area contributed by atoms with Crippen molar-refractivity contribution in [1.29, 1.82) is 0 Å². The number of aryl methyl sites for hydroxylation is 2. The highest BCUT2D eigenvalue weighted by Gasteiger charge is 2.29. The predicted octanol–water partition coefficient (Wildman–Crippen LogP) is 3.42. The third-order valence-corrected chi connectivity index (χ3v) is 3.82. The molecule has 0 bridgehead atoms. The van der Waals surface area contributed by atoms with Gasteiger partial charge in [0.25, 0.3) is 0 Å². The summed E-state index contributed by atoms with van der Waals surface area (Å²) in [6.07, 6.45) is 1.25. The highest BCUT2D eigenvalue weighted by Crippen LogP contribution is 2.40. The van der Waals surface area contributed by atoms with Crippen LogP contribution in [-0.4, -0.2) is 13.6 Å². The summed E-state index contributed by atoms with van der Waals surface area (Å²) in [5.74, 6) is 0. The molecule has 0 fully saturated rings. The SMILES string of the molecule is Cc1cc2c(cc1C)C(C)(C)CCN2C. The fourth-order valence-corrected chi connectivity index (χ4v) is 2.36. The topological polar surface area (TPSA) is 3.24 Å². The van der Waals surface area contributed by atoms with Crippen molar-refractivity contribution in [3.8, 4) is 0 Å². The third-order valence-electron chi connectivity index (χ3n) is 3.82. The normalized spacial score (nSPS) is 18.9. The second kappa shape index (κ2) is 3.26. The minimum Gasteiger partial charge on any atom is -0.374 e. The van der Waals surface area contributed by atoms with E-state index in [1.807, 2.05) is 0 Å². The number of nitrogens with zero attached hydrogens (tertiary/aromatic N) is 1. The Balaban J connectivity index is 2.63. The van der Waals surface area contributed by atoms with Gasteiger partial charge in [-0.1, -0.05) is 19.9 Å². The number of rotatable bonds is 0. The molecule has 0 spiro atoms. The number of anilines is 1. The van der Waals surface area contributed by atoms with Crippen LogP contribution in [0.1, 0.15) is 37.0 Å². The Kier molecular flexibility index (Phi) is 2.29. The maximum absolute atomic E-state index is 2.38. The van der Waals surface area contributed by atoms with Gasteiger partial charge in [0.15, 0.2) is 0 Å². The largest absolute Gasteiger partial charge is 0.374 e. The van der Waals surface area contributed by atoms with Gasteiger partial charge in [0, 0.05) is 19.3 Å². The number of hydrogen-bond donors (Lipinski definition) is 0. The zero-order valence-corrected chi connectivity index (χ0v) is 10.5. The minimum absolute atomic E-state index is 0.334. The predicted molar refractivity (Wildman–Crippen MR) is 66.8 cm³/mol. The molecule has 1 aliphatic rings. The molecule has 82 valence electrons. The molecule has 1 heteroatoms. The lowest BCUT2D eigenvalue weighted by molar-refractivity contribution is 0.461. The molecule has 0 radical (unpaired) electrons. The van der Waals surface area contributed by atoms with Crippen LogP contribution in [0.25, 0.3) is 0 Å². The van der Waals surface area contributed by atoms with E-state index in [0.717, 1.165) is 0 Å². The second-order valence-corrected chi connectivity index (χ2v) is 5.51. The summed E-state index contributed by atoms with van der Waals surface area (Å²) in [6.45, 7) is 10.3. The average Bonchev–Trinajstić information content (AvgIpc) is 2.16. The molecular weight excluding hydrogens is 182 g/mol. The van der Waals surface area contributed by atoms with Crippen LogP contribution >= 0.6 is 0 Å². The molecule has 0 amide bonds. The van der Waals surface area contributed by atoms with Crippen LogP contribution in [0.5, 0.6) is 0 Å². The van der Waals surface area contributed by atoms with Gasteiger partial charge in [-0.2, -0.15) is 0 Å². The Morgan fingerprint density at radius 2 is 1.73 bits per heavy atom. The lowest BCUT2D eigenvalue weighted by atomic mass is 9.77. The van der Waals surface area contributed by atoms with Crippen LogP contribution in [0.15, 0.2) is 12.1 Å². The summed E-state index contributed by atoms with van der Waals surface area (Å²) in [7, 11) is 2.20. The second-order valence-electron chi connectivity index (χ2n) is 5.51. The molecule has 1 aromatic rings. The summed E-state index contributed by atoms with van der Waals surface area (Å²) in [5.41, 5.74) is 6.09. The Hall–Kier alpha value is -0.980. The van der Waals surface area contributed by atoms with Gasteiger partial charge >= 0.3 is 0 Å². The van der Waals surface area contributed by atoms with Crippen molar-refractivity contribution in [3.63, 3.8) is 0 Å². The number of hydrogen-bond acceptors (Lipinski definition) is 1. The first-order chi connectivity index (χ1) is 6.92. The molecule has 1 aromatic carbocycles. The van der Waals surface area contributed by atoms with Crippen LogP contribution in [-0.2, 0) is 5.41 Å². The maximum Gasteiger partial charge on any atom is 0.0404 e. The van der Waals surface area contributed by atoms with Gasteiger partial charge in [0.2, 0.25) is 0 Å². The molecule has 1 heterocycles. The summed E-state index contributed by atoms with van der Waals surface area (Å²) in [4.78, 5) is 2.38. The Bertz CT molecular complexity index is 391. The van der Waals surface area contributed by atoms with Crippen molar-refractivity contribution in [2.75, 3.05) is 18.5 Å². The van der Waals surface area contributed by atoms with Gasteiger partial charge in [-0.05, 0) is 48.4 Å². The lowest BCUT2D eigenvalue weighted by Crippen LogP contribution is -2.34. The number of benzene rings is 1. The van der Waals surface area contributed by atoms with Crippen LogP contribution in [0.4, 0.5) is 5.69 Å². The van der Waals surface area contributed by atoms with Crippen molar-refractivity contribution in [2.24, 2.45) is 0 Å². The highest BCUT2D eigenvalue weighted by atomic mass is 15.1. The molecule has 15 heavy (non-hydrogen) atoms. The van der Waals surface area contributed by atoms with Crippen LogP contribution in [0.3, 0.4) is 0 Å². The summed E-state index contributed by atoms with van der Waals surface area (Å²) >= 11 is 0. The zero-order chi connectivity index (χ0) is 11.2. The van der Waals surface area contributed by atoms with Gasteiger partial charge in [-0.25, -0.2) is 0 Å². The zero-order valence-electron chi connectivity index (χ0n) is 10.5. The fraction of sp³-hybridized carbons (Fsp3) is 0.571. The molecule has 0 N–H and O–H groups in total. The smallest absolute Gasteiger partial charge is 0.0404 e. The third kappa shape index (κ3) is 1.64. The first-order valence-electron chi connectivity index (χ1n) is 5.75. The Morgan fingerprint density at radius 3 is 2.40 bits per heavy atom. The molecule has 0 aromatic heterocycles. The molecule has 1 aliphatic heterocycles. The molecule has 0 unspecified atom stereocenters. The van der Waals surface area contributed by atoms with Crippen molar-refractivity contribution < 1.29 is 0 Å². The standard InChI is InChI=1S/C14H21N/c1-10-8-12-13(9-11(10)2)15(5)7-6-14(12,3)4/h8-9H,6-7H2,1-5H3. The molecule has 0 aliphatic carbocycles. The Morgan fingerprint density at radius 1 is 1.13 bits per heavy atom. The molecular formula is C14H21N. The van der Waals surface area contributed by atoms with E-state index in [-0.39, 0.29) is 0 Å². The fourth-order valence-electron chi connectivity index (χ4n) is 2.36. The van der Waals surface area contributed by atoms with Crippen molar-refractivity contribution >= 4 is 5.69 Å². The van der Waals surface area contributed by atoms with Crippen molar-refractivity contribution in [1.82, 2.24) is 0 Å². The molecule has 1 nitrogen and oxygen atoms in total. The van der Waals surface area contributed by atoms with Crippen LogP contribution < -0.4 is 4.90 Å². The minimum atomic E-state index is 0.334. The van der Waals surface area contributed by atoms with E-state index >= 15 is 0 Å². The highest BCUT2D eigenvalue weighted by molar-refractivity contribution is 5.61. The summed E-state index contributed by atoms with van der Waals surface area (Å²) in [6, 6.07) is 4.71. The molecule has 2 rings (SSSR count). The Labute approximate surface area is 93.1 Å². The first-order valence-corrected chi connectivity index (χ1v) is 5.75. The maximum atomic E-state index is 2.38.